The molecule has 0 unspecified atom stereocenters. The molecule has 3 heteroatoms. The van der Waals surface area contributed by atoms with E-state index in [2.05, 4.69) is 0 Å². The van der Waals surface area contributed by atoms with Crippen LogP contribution in [0, 0.1) is 11.2 Å². The average molecular weight is 338 g/mol. The summed E-state index contributed by atoms with van der Waals surface area (Å²) in [5, 5.41) is 0. The first kappa shape index (κ1) is 17.5. The molecule has 3 rings (SSSR count). The van der Waals surface area contributed by atoms with Crippen LogP contribution in [-0.2, 0) is 16.0 Å². The van der Waals surface area contributed by atoms with Crippen molar-refractivity contribution in [1.29, 1.82) is 0 Å². The molecule has 1 aliphatic rings. The summed E-state index contributed by atoms with van der Waals surface area (Å²) in [4.78, 5) is 25.4. The lowest BCUT2D eigenvalue weighted by Crippen LogP contribution is -2.36. The van der Waals surface area contributed by atoms with Gasteiger partial charge in [0.25, 0.3) is 0 Å². The van der Waals surface area contributed by atoms with Crippen LogP contribution in [0.25, 0.3) is 11.1 Å². The molecule has 0 atom stereocenters. The van der Waals surface area contributed by atoms with Crippen molar-refractivity contribution in [3.8, 4) is 11.1 Å². The third-order valence-electron chi connectivity index (χ3n) is 4.96. The molecule has 2 aromatic carbocycles. The van der Waals surface area contributed by atoms with Gasteiger partial charge in [-0.15, -0.1) is 0 Å². The summed E-state index contributed by atoms with van der Waals surface area (Å²) in [6.07, 6.45) is 1.61. The van der Waals surface area contributed by atoms with Crippen molar-refractivity contribution in [3.05, 3.63) is 59.4 Å². The minimum absolute atomic E-state index is 0.00667. The molecule has 1 aliphatic carbocycles. The maximum absolute atomic E-state index is 13.2. The molecule has 0 aliphatic heterocycles. The number of carbonyl (C=O) groups excluding carboxylic acids is 2. The Morgan fingerprint density at radius 3 is 2.08 bits per heavy atom. The summed E-state index contributed by atoms with van der Waals surface area (Å²) in [5.74, 6) is -0.934. The zero-order valence-corrected chi connectivity index (χ0v) is 14.9. The predicted molar refractivity (Wildman–Crippen MR) is 97.0 cm³/mol. The lowest BCUT2D eigenvalue weighted by Gasteiger charge is -2.33. The molecule has 0 aromatic heterocycles. The van der Waals surface area contributed by atoms with Crippen molar-refractivity contribution in [2.75, 3.05) is 0 Å². The smallest absolute Gasteiger partial charge is 0.148 e. The number of hydrogen-bond acceptors (Lipinski definition) is 2. The molecule has 0 heterocycles. The Hall–Kier alpha value is -2.29. The first-order chi connectivity index (χ1) is 11.8. The lowest BCUT2D eigenvalue weighted by atomic mass is 9.69. The minimum atomic E-state index is -0.664. The largest absolute Gasteiger partial charge is 0.299 e. The third-order valence-corrected chi connectivity index (χ3v) is 4.96. The van der Waals surface area contributed by atoms with Gasteiger partial charge in [-0.05, 0) is 52.3 Å². The highest BCUT2D eigenvalue weighted by Crippen LogP contribution is 2.40. The summed E-state index contributed by atoms with van der Waals surface area (Å²) in [6, 6.07) is 12.2. The number of aryl methyl sites for hydroxylation is 1. The first-order valence-electron chi connectivity index (χ1n) is 8.75. The molecule has 0 bridgehead atoms. The van der Waals surface area contributed by atoms with Gasteiger partial charge >= 0.3 is 0 Å². The van der Waals surface area contributed by atoms with Crippen LogP contribution in [0.4, 0.5) is 4.39 Å². The van der Waals surface area contributed by atoms with E-state index in [1.54, 1.807) is 12.1 Å². The molecule has 130 valence electrons. The van der Waals surface area contributed by atoms with Crippen molar-refractivity contribution in [1.82, 2.24) is 0 Å². The second kappa shape index (κ2) is 6.55. The van der Waals surface area contributed by atoms with Crippen LogP contribution in [0.5, 0.6) is 0 Å². The highest BCUT2D eigenvalue weighted by atomic mass is 19.1. The van der Waals surface area contributed by atoms with E-state index in [0.29, 0.717) is 12.8 Å². The van der Waals surface area contributed by atoms with Gasteiger partial charge in [0.05, 0.1) is 0 Å². The van der Waals surface area contributed by atoms with E-state index in [9.17, 15) is 14.0 Å². The molecule has 0 N–H and O–H groups in total. The van der Waals surface area contributed by atoms with Crippen LogP contribution in [0.3, 0.4) is 0 Å². The SMILES string of the molecule is CCc1ccc(-c2ccc(F)cc2)cc1C1C(=O)CC(C)(C)CC1=O. The van der Waals surface area contributed by atoms with Gasteiger partial charge in [-0.2, -0.15) is 0 Å². The van der Waals surface area contributed by atoms with E-state index in [0.717, 1.165) is 28.7 Å². The number of carbonyl (C=O) groups is 2. The van der Waals surface area contributed by atoms with Crippen LogP contribution < -0.4 is 0 Å². The van der Waals surface area contributed by atoms with Gasteiger partial charge in [-0.3, -0.25) is 9.59 Å². The fourth-order valence-corrected chi connectivity index (χ4v) is 3.74. The monoisotopic (exact) mass is 338 g/mol. The topological polar surface area (TPSA) is 34.1 Å². The summed E-state index contributed by atoms with van der Waals surface area (Å²) >= 11 is 0. The molecular weight excluding hydrogens is 315 g/mol. The fourth-order valence-electron chi connectivity index (χ4n) is 3.74. The maximum atomic E-state index is 13.2. The number of benzene rings is 2. The summed E-state index contributed by atoms with van der Waals surface area (Å²) < 4.78 is 13.2. The molecule has 0 amide bonds. The van der Waals surface area contributed by atoms with E-state index < -0.39 is 5.92 Å². The average Bonchev–Trinajstić information content (AvgIpc) is 2.53. The van der Waals surface area contributed by atoms with Crippen molar-refractivity contribution in [2.24, 2.45) is 5.41 Å². The summed E-state index contributed by atoms with van der Waals surface area (Å²) in [6.45, 7) is 5.96. The number of rotatable bonds is 3. The predicted octanol–water partition coefficient (Wildman–Crippen LogP) is 5.10. The molecular formula is C22H23FO2. The van der Waals surface area contributed by atoms with Gasteiger partial charge in [0, 0.05) is 12.8 Å². The Bertz CT molecular complexity index is 798. The Balaban J connectivity index is 2.05. The zero-order chi connectivity index (χ0) is 18.2. The van der Waals surface area contributed by atoms with Crippen LogP contribution in [-0.4, -0.2) is 11.6 Å². The highest BCUT2D eigenvalue weighted by Gasteiger charge is 2.41. The van der Waals surface area contributed by atoms with Gasteiger partial charge in [0.15, 0.2) is 0 Å². The molecule has 0 saturated heterocycles. The number of halogens is 1. The number of ketones is 2. The van der Waals surface area contributed by atoms with Crippen molar-refractivity contribution in [3.63, 3.8) is 0 Å². The normalized spacial score (nSPS) is 17.8. The van der Waals surface area contributed by atoms with E-state index >= 15 is 0 Å². The van der Waals surface area contributed by atoms with Gasteiger partial charge in [0.1, 0.15) is 23.3 Å². The van der Waals surface area contributed by atoms with Gasteiger partial charge in [-0.25, -0.2) is 4.39 Å². The Labute approximate surface area is 148 Å². The Kier molecular flexibility index (Phi) is 4.59. The molecule has 0 radical (unpaired) electrons. The van der Waals surface area contributed by atoms with E-state index in [-0.39, 0.29) is 22.8 Å². The van der Waals surface area contributed by atoms with Crippen molar-refractivity contribution >= 4 is 11.6 Å². The van der Waals surface area contributed by atoms with E-state index in [1.807, 2.05) is 39.0 Å². The molecule has 0 spiro atoms. The molecule has 1 fully saturated rings. The molecule has 2 aromatic rings. The first-order valence-corrected chi connectivity index (χ1v) is 8.75. The van der Waals surface area contributed by atoms with Gasteiger partial charge in [0.2, 0.25) is 0 Å². The highest BCUT2D eigenvalue weighted by molar-refractivity contribution is 6.10. The summed E-state index contributed by atoms with van der Waals surface area (Å²) in [5.41, 5.74) is 3.36. The van der Waals surface area contributed by atoms with Crippen LogP contribution in [0.1, 0.15) is 50.7 Å². The van der Waals surface area contributed by atoms with E-state index in [1.165, 1.54) is 12.1 Å². The quantitative estimate of drug-likeness (QED) is 0.730. The zero-order valence-electron chi connectivity index (χ0n) is 14.9. The second-order valence-electron chi connectivity index (χ2n) is 7.66. The van der Waals surface area contributed by atoms with Crippen LogP contribution in [0.2, 0.25) is 0 Å². The maximum Gasteiger partial charge on any atom is 0.148 e. The number of Topliss-reactive ketones (excluding diaryl/α,β-unsaturated/α-hetero) is 2. The minimum Gasteiger partial charge on any atom is -0.299 e. The van der Waals surface area contributed by atoms with Gasteiger partial charge < -0.3 is 0 Å². The standard InChI is InChI=1S/C22H23FO2/c1-4-14-5-6-16(15-7-9-17(23)10-8-15)11-18(14)21-19(24)12-22(2,3)13-20(21)25/h5-11,21H,4,12-13H2,1-3H3. The molecule has 1 saturated carbocycles. The van der Waals surface area contributed by atoms with Crippen LogP contribution in [0.15, 0.2) is 42.5 Å². The fraction of sp³-hybridized carbons (Fsp3) is 0.364. The Morgan fingerprint density at radius 1 is 0.960 bits per heavy atom. The van der Waals surface area contributed by atoms with Crippen LogP contribution >= 0.6 is 0 Å². The Morgan fingerprint density at radius 2 is 1.52 bits per heavy atom. The second-order valence-corrected chi connectivity index (χ2v) is 7.66. The number of hydrogen-bond donors (Lipinski definition) is 0. The lowest BCUT2D eigenvalue weighted by molar-refractivity contribution is -0.135. The van der Waals surface area contributed by atoms with Crippen molar-refractivity contribution < 1.29 is 14.0 Å². The van der Waals surface area contributed by atoms with Gasteiger partial charge in [-0.1, -0.05) is 45.0 Å². The van der Waals surface area contributed by atoms with E-state index in [4.69, 9.17) is 0 Å². The molecule has 2 nitrogen and oxygen atoms in total. The third kappa shape index (κ3) is 3.55. The van der Waals surface area contributed by atoms with Crippen molar-refractivity contribution in [2.45, 2.75) is 46.0 Å². The summed E-state index contributed by atoms with van der Waals surface area (Å²) in [7, 11) is 0. The molecule has 25 heavy (non-hydrogen) atoms.